The average Bonchev–Trinajstić information content (AvgIpc) is 2.62. The summed E-state index contributed by atoms with van der Waals surface area (Å²) in [5.41, 5.74) is 1.14. The Labute approximate surface area is 144 Å². The van der Waals surface area contributed by atoms with Crippen LogP contribution in [0, 0.1) is 0 Å². The van der Waals surface area contributed by atoms with Gasteiger partial charge in [-0.25, -0.2) is 4.98 Å². The van der Waals surface area contributed by atoms with Crippen molar-refractivity contribution in [2.24, 2.45) is 4.99 Å². The molecule has 0 amide bonds. The lowest BCUT2D eigenvalue weighted by Gasteiger charge is -2.41. The van der Waals surface area contributed by atoms with Crippen molar-refractivity contribution in [1.82, 2.24) is 20.5 Å². The van der Waals surface area contributed by atoms with E-state index in [2.05, 4.69) is 39.4 Å². The molecule has 0 aliphatic carbocycles. The van der Waals surface area contributed by atoms with Gasteiger partial charge < -0.3 is 20.1 Å². The first-order valence-corrected chi connectivity index (χ1v) is 8.31. The molecule has 1 fully saturated rings. The molecule has 2 N–H and O–H groups in total. The molecule has 0 bridgehead atoms. The number of aromatic nitrogens is 1. The number of nitrogens with one attached hydrogen (secondary N) is 2. The van der Waals surface area contributed by atoms with Crippen LogP contribution in [0.1, 0.15) is 19.4 Å². The number of nitrogens with zero attached hydrogens (tertiary/aromatic N) is 3. The van der Waals surface area contributed by atoms with Crippen molar-refractivity contribution in [3.63, 3.8) is 0 Å². The third-order valence-electron chi connectivity index (χ3n) is 4.25. The smallest absolute Gasteiger partial charge is 0.213 e. The molecule has 0 saturated carbocycles. The summed E-state index contributed by atoms with van der Waals surface area (Å²) >= 11 is 0. The molecule has 1 aliphatic heterocycles. The first kappa shape index (κ1) is 18.5. The lowest BCUT2D eigenvalue weighted by atomic mass is 10.0. The van der Waals surface area contributed by atoms with E-state index in [0.717, 1.165) is 44.4 Å². The Morgan fingerprint density at radius 1 is 1.38 bits per heavy atom. The van der Waals surface area contributed by atoms with Gasteiger partial charge in [-0.05, 0) is 25.5 Å². The van der Waals surface area contributed by atoms with E-state index in [4.69, 9.17) is 9.47 Å². The molecule has 0 aromatic carbocycles. The van der Waals surface area contributed by atoms with Gasteiger partial charge in [0.15, 0.2) is 5.96 Å². The normalized spacial score (nSPS) is 16.8. The van der Waals surface area contributed by atoms with Gasteiger partial charge in [0.25, 0.3) is 0 Å². The molecule has 2 rings (SSSR count). The van der Waals surface area contributed by atoms with Crippen LogP contribution in [0.2, 0.25) is 0 Å². The number of pyridine rings is 1. The van der Waals surface area contributed by atoms with Crippen molar-refractivity contribution in [2.45, 2.75) is 25.9 Å². The van der Waals surface area contributed by atoms with Gasteiger partial charge in [0.2, 0.25) is 5.88 Å². The molecule has 7 nitrogen and oxygen atoms in total. The summed E-state index contributed by atoms with van der Waals surface area (Å²) in [5, 5.41) is 6.74. The largest absolute Gasteiger partial charge is 0.481 e. The van der Waals surface area contributed by atoms with E-state index >= 15 is 0 Å². The summed E-state index contributed by atoms with van der Waals surface area (Å²) < 4.78 is 10.6. The molecule has 24 heavy (non-hydrogen) atoms. The van der Waals surface area contributed by atoms with E-state index < -0.39 is 0 Å². The van der Waals surface area contributed by atoms with Crippen LogP contribution in [0.4, 0.5) is 0 Å². The molecule has 2 heterocycles. The van der Waals surface area contributed by atoms with Crippen molar-refractivity contribution in [1.29, 1.82) is 0 Å². The zero-order valence-electron chi connectivity index (χ0n) is 15.1. The minimum atomic E-state index is 0.0429. The number of morpholine rings is 1. The minimum absolute atomic E-state index is 0.0429. The Morgan fingerprint density at radius 2 is 2.12 bits per heavy atom. The molecule has 0 unspecified atom stereocenters. The van der Waals surface area contributed by atoms with E-state index in [1.165, 1.54) is 0 Å². The molecular formula is C17H29N5O2. The van der Waals surface area contributed by atoms with E-state index in [1.807, 2.05) is 12.1 Å². The molecule has 0 radical (unpaired) electrons. The van der Waals surface area contributed by atoms with Crippen molar-refractivity contribution < 1.29 is 9.47 Å². The van der Waals surface area contributed by atoms with E-state index in [-0.39, 0.29) is 5.54 Å². The third kappa shape index (κ3) is 5.35. The maximum Gasteiger partial charge on any atom is 0.213 e. The number of hydrogen-bond acceptors (Lipinski definition) is 5. The van der Waals surface area contributed by atoms with Crippen molar-refractivity contribution >= 4 is 5.96 Å². The van der Waals surface area contributed by atoms with Gasteiger partial charge in [-0.2, -0.15) is 0 Å². The van der Waals surface area contributed by atoms with Gasteiger partial charge >= 0.3 is 0 Å². The van der Waals surface area contributed by atoms with Gasteiger partial charge in [0.05, 0.1) is 20.3 Å². The second kappa shape index (κ2) is 8.84. The fraction of sp³-hybridized carbons (Fsp3) is 0.647. The van der Waals surface area contributed by atoms with Crippen molar-refractivity contribution in [2.75, 3.05) is 47.0 Å². The van der Waals surface area contributed by atoms with Gasteiger partial charge in [0, 0.05) is 51.0 Å². The molecular weight excluding hydrogens is 306 g/mol. The first-order valence-electron chi connectivity index (χ1n) is 8.31. The third-order valence-corrected chi connectivity index (χ3v) is 4.25. The standard InChI is InChI=1S/C17H29N5O2/c1-17(2,22-7-9-24-10-8-22)13-21-16(18-3)20-12-14-5-6-19-15(11-14)23-4/h5-6,11H,7-10,12-13H2,1-4H3,(H2,18,20,21). The monoisotopic (exact) mass is 335 g/mol. The maximum atomic E-state index is 5.43. The predicted molar refractivity (Wildman–Crippen MR) is 95.5 cm³/mol. The SMILES string of the molecule is CN=C(NCc1ccnc(OC)c1)NCC(C)(C)N1CCOCC1. The molecule has 1 aromatic heterocycles. The summed E-state index contributed by atoms with van der Waals surface area (Å²) in [6, 6.07) is 3.87. The maximum absolute atomic E-state index is 5.43. The Morgan fingerprint density at radius 3 is 2.79 bits per heavy atom. The predicted octanol–water partition coefficient (Wildman–Crippen LogP) is 0.866. The lowest BCUT2D eigenvalue weighted by molar-refractivity contribution is -0.00834. The Bertz CT molecular complexity index is 542. The Kier molecular flexibility index (Phi) is 6.81. The zero-order valence-corrected chi connectivity index (χ0v) is 15.1. The fourth-order valence-electron chi connectivity index (χ4n) is 2.66. The zero-order chi connectivity index (χ0) is 17.4. The van der Waals surface area contributed by atoms with Gasteiger partial charge in [-0.1, -0.05) is 0 Å². The number of hydrogen-bond donors (Lipinski definition) is 2. The highest BCUT2D eigenvalue weighted by molar-refractivity contribution is 5.79. The van der Waals surface area contributed by atoms with Gasteiger partial charge in [-0.15, -0.1) is 0 Å². The summed E-state index contributed by atoms with van der Waals surface area (Å²) in [4.78, 5) is 10.9. The minimum Gasteiger partial charge on any atom is -0.481 e. The van der Waals surface area contributed by atoms with Crippen LogP contribution in [0.15, 0.2) is 23.3 Å². The van der Waals surface area contributed by atoms with Crippen molar-refractivity contribution in [3.8, 4) is 5.88 Å². The van der Waals surface area contributed by atoms with E-state index in [1.54, 1.807) is 20.4 Å². The number of guanidine groups is 1. The molecule has 1 saturated heterocycles. The van der Waals surface area contributed by atoms with Crippen LogP contribution < -0.4 is 15.4 Å². The lowest BCUT2D eigenvalue weighted by Crippen LogP contribution is -2.56. The van der Waals surface area contributed by atoms with Crippen LogP contribution in [-0.2, 0) is 11.3 Å². The summed E-state index contributed by atoms with van der Waals surface area (Å²) in [5.74, 6) is 1.40. The summed E-state index contributed by atoms with van der Waals surface area (Å²) in [7, 11) is 3.40. The molecule has 1 aromatic rings. The van der Waals surface area contributed by atoms with E-state index in [9.17, 15) is 0 Å². The fourth-order valence-corrected chi connectivity index (χ4v) is 2.66. The van der Waals surface area contributed by atoms with Gasteiger partial charge in [-0.3, -0.25) is 9.89 Å². The number of ether oxygens (including phenoxy) is 2. The van der Waals surface area contributed by atoms with Crippen LogP contribution in [0.3, 0.4) is 0 Å². The van der Waals surface area contributed by atoms with Crippen LogP contribution in [0.25, 0.3) is 0 Å². The second-order valence-corrected chi connectivity index (χ2v) is 6.40. The topological polar surface area (TPSA) is 71.0 Å². The summed E-state index contributed by atoms with van der Waals surface area (Å²) in [6.45, 7) is 9.51. The quantitative estimate of drug-likeness (QED) is 0.594. The molecule has 0 spiro atoms. The Hall–Kier alpha value is -1.86. The van der Waals surface area contributed by atoms with E-state index in [0.29, 0.717) is 12.4 Å². The number of rotatable bonds is 6. The highest BCUT2D eigenvalue weighted by Crippen LogP contribution is 2.15. The second-order valence-electron chi connectivity index (χ2n) is 6.40. The van der Waals surface area contributed by atoms with Crippen LogP contribution in [-0.4, -0.2) is 68.4 Å². The van der Waals surface area contributed by atoms with Gasteiger partial charge in [0.1, 0.15) is 0 Å². The van der Waals surface area contributed by atoms with Crippen molar-refractivity contribution in [3.05, 3.63) is 23.9 Å². The highest BCUT2D eigenvalue weighted by Gasteiger charge is 2.28. The summed E-state index contributed by atoms with van der Waals surface area (Å²) in [6.07, 6.45) is 1.74. The molecule has 1 aliphatic rings. The molecule has 0 atom stereocenters. The Balaban J connectivity index is 1.83. The average molecular weight is 335 g/mol. The first-order chi connectivity index (χ1) is 11.5. The number of methoxy groups -OCH3 is 1. The number of aliphatic imine (C=N–C) groups is 1. The highest BCUT2D eigenvalue weighted by atomic mass is 16.5. The molecule has 134 valence electrons. The van der Waals surface area contributed by atoms with Crippen LogP contribution in [0.5, 0.6) is 5.88 Å². The molecule has 7 heteroatoms. The van der Waals surface area contributed by atoms with Crippen LogP contribution >= 0.6 is 0 Å².